The van der Waals surface area contributed by atoms with Gasteiger partial charge in [-0.15, -0.1) is 0 Å². The molecule has 0 aliphatic carbocycles. The summed E-state index contributed by atoms with van der Waals surface area (Å²) in [5.74, 6) is 1.39. The lowest BCUT2D eigenvalue weighted by atomic mass is 9.94. The molecule has 28 heavy (non-hydrogen) atoms. The monoisotopic (exact) mass is 376 g/mol. The van der Waals surface area contributed by atoms with Gasteiger partial charge < -0.3 is 9.64 Å². The zero-order chi connectivity index (χ0) is 19.5. The van der Waals surface area contributed by atoms with Gasteiger partial charge in [-0.2, -0.15) is 5.26 Å². The second-order valence-electron chi connectivity index (χ2n) is 7.64. The summed E-state index contributed by atoms with van der Waals surface area (Å²) in [4.78, 5) is 21.6. The Morgan fingerprint density at radius 2 is 2.00 bits per heavy atom. The molecule has 5 rings (SSSR count). The average Bonchev–Trinajstić information content (AvgIpc) is 3.04. The maximum absolute atomic E-state index is 13.0. The number of fused-ring (bicyclic) bond motifs is 4. The van der Waals surface area contributed by atoms with E-state index < -0.39 is 0 Å². The van der Waals surface area contributed by atoms with Crippen LogP contribution in [-0.4, -0.2) is 53.5 Å². The fourth-order valence-electron chi connectivity index (χ4n) is 4.30. The van der Waals surface area contributed by atoms with Crippen molar-refractivity contribution in [3.8, 4) is 11.8 Å². The van der Waals surface area contributed by atoms with Gasteiger partial charge in [-0.05, 0) is 48.6 Å². The lowest BCUT2D eigenvalue weighted by Gasteiger charge is -2.36. The zero-order valence-electron chi connectivity index (χ0n) is 16.0. The molecule has 0 unspecified atom stereocenters. The number of aromatic nitrogens is 1. The van der Waals surface area contributed by atoms with E-state index in [-0.39, 0.29) is 11.9 Å². The van der Waals surface area contributed by atoms with Gasteiger partial charge >= 0.3 is 0 Å². The molecule has 4 heterocycles. The predicted octanol–water partition coefficient (Wildman–Crippen LogP) is 2.70. The number of benzene rings is 1. The second-order valence-corrected chi connectivity index (χ2v) is 7.64. The predicted molar refractivity (Wildman–Crippen MR) is 105 cm³/mol. The van der Waals surface area contributed by atoms with Crippen molar-refractivity contribution in [2.75, 3.05) is 26.7 Å². The van der Waals surface area contributed by atoms with Crippen LogP contribution < -0.4 is 4.74 Å². The Balaban J connectivity index is 1.46. The Bertz CT molecular complexity index is 873. The molecule has 1 amide bonds. The molecular weight excluding hydrogens is 352 g/mol. The third-order valence-electron chi connectivity index (χ3n) is 5.74. The van der Waals surface area contributed by atoms with Gasteiger partial charge in [-0.25, -0.2) is 4.98 Å². The minimum atomic E-state index is 0.0259. The number of nitriles is 1. The lowest BCUT2D eigenvalue weighted by molar-refractivity contribution is 0.0584. The molecule has 1 aromatic heterocycles. The quantitative estimate of drug-likeness (QED) is 0.821. The standard InChI is InChI=1S/C22H24N4O2/c1-28-21-8-3-16(4-9-21)12-25-13-17-2-7-20(15-25)26(14-17)22(27)18-5-6-19(10-23)24-11-18/h3-6,8-9,11,17,20H,2,7,12-15H2,1H3/t17-,20+/m1/s1. The Morgan fingerprint density at radius 1 is 1.18 bits per heavy atom. The third-order valence-corrected chi connectivity index (χ3v) is 5.74. The van der Waals surface area contributed by atoms with Crippen molar-refractivity contribution in [1.82, 2.24) is 14.8 Å². The van der Waals surface area contributed by atoms with E-state index in [2.05, 4.69) is 22.0 Å². The first-order valence-electron chi connectivity index (χ1n) is 9.68. The summed E-state index contributed by atoms with van der Waals surface area (Å²) in [6, 6.07) is 13.7. The van der Waals surface area contributed by atoms with Crippen LogP contribution in [0.1, 0.15) is 34.5 Å². The van der Waals surface area contributed by atoms with Crippen molar-refractivity contribution < 1.29 is 9.53 Å². The van der Waals surface area contributed by atoms with Crippen LogP contribution in [0.2, 0.25) is 0 Å². The van der Waals surface area contributed by atoms with E-state index in [9.17, 15) is 4.79 Å². The Morgan fingerprint density at radius 3 is 2.68 bits per heavy atom. The number of hydrogen-bond donors (Lipinski definition) is 0. The van der Waals surface area contributed by atoms with Gasteiger partial charge in [0.1, 0.15) is 17.5 Å². The number of rotatable bonds is 4. The van der Waals surface area contributed by atoms with Crippen molar-refractivity contribution in [2.45, 2.75) is 25.4 Å². The van der Waals surface area contributed by atoms with Crippen molar-refractivity contribution in [3.63, 3.8) is 0 Å². The normalized spacial score (nSPS) is 21.8. The summed E-state index contributed by atoms with van der Waals surface area (Å²) >= 11 is 0. The fourth-order valence-corrected chi connectivity index (χ4v) is 4.30. The SMILES string of the molecule is COc1ccc(CN2C[C@H]3CC[C@@H](C2)N(C(=O)c2ccc(C#N)nc2)C3)cc1. The van der Waals surface area contributed by atoms with Crippen molar-refractivity contribution in [1.29, 1.82) is 5.26 Å². The van der Waals surface area contributed by atoms with E-state index in [1.807, 2.05) is 23.1 Å². The number of piperidine rings is 1. The molecule has 0 saturated carbocycles. The third kappa shape index (κ3) is 3.85. The van der Waals surface area contributed by atoms with Crippen molar-refractivity contribution in [3.05, 3.63) is 59.4 Å². The first-order chi connectivity index (χ1) is 13.7. The minimum Gasteiger partial charge on any atom is -0.497 e. The molecule has 2 aromatic rings. The number of methoxy groups -OCH3 is 1. The molecule has 3 aliphatic rings. The molecule has 1 aromatic carbocycles. The summed E-state index contributed by atoms with van der Waals surface area (Å²) in [5.41, 5.74) is 2.16. The summed E-state index contributed by atoms with van der Waals surface area (Å²) in [6.07, 6.45) is 3.73. The number of hydrogen-bond acceptors (Lipinski definition) is 5. The number of carbonyl (C=O) groups is 1. The molecular formula is C22H24N4O2. The number of nitrogens with zero attached hydrogens (tertiary/aromatic N) is 4. The van der Waals surface area contributed by atoms with Gasteiger partial charge in [-0.3, -0.25) is 9.69 Å². The average molecular weight is 376 g/mol. The van der Waals surface area contributed by atoms with E-state index in [4.69, 9.17) is 10.00 Å². The Kier molecular flexibility index (Phi) is 5.27. The van der Waals surface area contributed by atoms with Gasteiger partial charge in [0.05, 0.1) is 12.7 Å². The van der Waals surface area contributed by atoms with E-state index in [1.54, 1.807) is 19.2 Å². The molecule has 0 radical (unpaired) electrons. The van der Waals surface area contributed by atoms with Crippen LogP contribution in [0.4, 0.5) is 0 Å². The number of carbonyl (C=O) groups excluding carboxylic acids is 1. The van der Waals surface area contributed by atoms with Crippen LogP contribution in [0, 0.1) is 17.2 Å². The molecule has 144 valence electrons. The highest BCUT2D eigenvalue weighted by atomic mass is 16.5. The van der Waals surface area contributed by atoms with Crippen LogP contribution in [0.5, 0.6) is 5.75 Å². The first kappa shape index (κ1) is 18.5. The van der Waals surface area contributed by atoms with Crippen LogP contribution in [0.15, 0.2) is 42.6 Å². The molecule has 3 aliphatic heterocycles. The van der Waals surface area contributed by atoms with E-state index in [0.29, 0.717) is 17.2 Å². The van der Waals surface area contributed by atoms with Crippen LogP contribution in [0.3, 0.4) is 0 Å². The molecule has 2 bridgehead atoms. The minimum absolute atomic E-state index is 0.0259. The molecule has 3 fully saturated rings. The van der Waals surface area contributed by atoms with E-state index in [0.717, 1.165) is 38.3 Å². The van der Waals surface area contributed by atoms with Gasteiger partial charge in [0.2, 0.25) is 0 Å². The van der Waals surface area contributed by atoms with Crippen LogP contribution in [-0.2, 0) is 6.54 Å². The van der Waals surface area contributed by atoms with Gasteiger partial charge in [0.15, 0.2) is 0 Å². The summed E-state index contributed by atoms with van der Waals surface area (Å²) < 4.78 is 5.24. The number of ether oxygens (including phenoxy) is 1. The zero-order valence-corrected chi connectivity index (χ0v) is 16.0. The lowest BCUT2D eigenvalue weighted by Crippen LogP contribution is -2.47. The highest BCUT2D eigenvalue weighted by Crippen LogP contribution is 2.30. The maximum Gasteiger partial charge on any atom is 0.255 e. The van der Waals surface area contributed by atoms with Gasteiger partial charge in [-0.1, -0.05) is 12.1 Å². The molecule has 6 nitrogen and oxygen atoms in total. The van der Waals surface area contributed by atoms with E-state index in [1.165, 1.54) is 18.2 Å². The van der Waals surface area contributed by atoms with Crippen LogP contribution >= 0.6 is 0 Å². The summed E-state index contributed by atoms with van der Waals surface area (Å²) in [5, 5.41) is 8.90. The van der Waals surface area contributed by atoms with Crippen LogP contribution in [0.25, 0.3) is 0 Å². The maximum atomic E-state index is 13.0. The van der Waals surface area contributed by atoms with Crippen molar-refractivity contribution in [2.24, 2.45) is 5.92 Å². The molecule has 0 spiro atoms. The number of amides is 1. The molecule has 0 N–H and O–H groups in total. The highest BCUT2D eigenvalue weighted by Gasteiger charge is 2.37. The summed E-state index contributed by atoms with van der Waals surface area (Å²) in [7, 11) is 1.68. The van der Waals surface area contributed by atoms with Crippen molar-refractivity contribution >= 4 is 5.91 Å². The molecule has 6 heteroatoms. The van der Waals surface area contributed by atoms with E-state index >= 15 is 0 Å². The molecule has 2 atom stereocenters. The van der Waals surface area contributed by atoms with Gasteiger partial charge in [0, 0.05) is 38.4 Å². The smallest absolute Gasteiger partial charge is 0.255 e. The molecule has 3 saturated heterocycles. The number of pyridine rings is 1. The topological polar surface area (TPSA) is 69.5 Å². The first-order valence-corrected chi connectivity index (χ1v) is 9.68. The second kappa shape index (κ2) is 7.99. The Labute approximate surface area is 165 Å². The fraction of sp³-hybridized carbons (Fsp3) is 0.409. The van der Waals surface area contributed by atoms with Gasteiger partial charge in [0.25, 0.3) is 5.91 Å². The largest absolute Gasteiger partial charge is 0.497 e. The highest BCUT2D eigenvalue weighted by molar-refractivity contribution is 5.94. The Hall–Kier alpha value is -2.91. The summed E-state index contributed by atoms with van der Waals surface area (Å²) in [6.45, 7) is 3.58.